The molecule has 9 nitrogen and oxygen atoms in total. The number of rotatable bonds is 8. The lowest BCUT2D eigenvalue weighted by Gasteiger charge is -2.11. The lowest BCUT2D eigenvalue weighted by Crippen LogP contribution is -2.14. The highest BCUT2D eigenvalue weighted by Gasteiger charge is 2.12. The summed E-state index contributed by atoms with van der Waals surface area (Å²) in [5.74, 6) is 1.25. The molecule has 0 saturated heterocycles. The largest absolute Gasteiger partial charge is 0.497 e. The van der Waals surface area contributed by atoms with Crippen LogP contribution in [0.25, 0.3) is 11.4 Å². The van der Waals surface area contributed by atoms with Gasteiger partial charge >= 0.3 is 0 Å². The van der Waals surface area contributed by atoms with E-state index in [1.165, 1.54) is 0 Å². The molecule has 0 spiro atoms. The molecule has 0 radical (unpaired) electrons. The third kappa shape index (κ3) is 5.80. The van der Waals surface area contributed by atoms with Crippen molar-refractivity contribution in [2.24, 2.45) is 0 Å². The summed E-state index contributed by atoms with van der Waals surface area (Å²) in [4.78, 5) is 16.6. The van der Waals surface area contributed by atoms with E-state index in [2.05, 4.69) is 20.2 Å². The second-order valence-corrected chi connectivity index (χ2v) is 8.44. The Morgan fingerprint density at radius 3 is 2.57 bits per heavy atom. The minimum atomic E-state index is -3.41. The van der Waals surface area contributed by atoms with Crippen LogP contribution in [0.4, 0.5) is 11.4 Å². The lowest BCUT2D eigenvalue weighted by atomic mass is 10.2. The Morgan fingerprint density at radius 2 is 1.90 bits per heavy atom. The Bertz CT molecular complexity index is 1140. The summed E-state index contributed by atoms with van der Waals surface area (Å²) in [6.45, 7) is 1.77. The Labute approximate surface area is 174 Å². The number of carbonyl (C=O) groups excluding carboxylic acids is 1. The van der Waals surface area contributed by atoms with Gasteiger partial charge < -0.3 is 14.6 Å². The van der Waals surface area contributed by atoms with Crippen LogP contribution in [0.5, 0.6) is 5.75 Å². The SMILES string of the molecule is COc1ccc(-c2noc(CCC(=O)Nc3ccc(C)c(NS(C)(=O)=O)c3)n2)cc1. The molecule has 0 fully saturated rings. The van der Waals surface area contributed by atoms with Gasteiger partial charge in [0.05, 0.1) is 19.1 Å². The number of benzene rings is 2. The second kappa shape index (κ2) is 8.95. The Kier molecular flexibility index (Phi) is 6.36. The van der Waals surface area contributed by atoms with E-state index in [0.29, 0.717) is 23.1 Å². The number of carbonyl (C=O) groups is 1. The Hall–Kier alpha value is -3.40. The Balaban J connectivity index is 1.58. The van der Waals surface area contributed by atoms with Crippen molar-refractivity contribution in [2.45, 2.75) is 19.8 Å². The van der Waals surface area contributed by atoms with E-state index in [4.69, 9.17) is 9.26 Å². The molecule has 3 rings (SSSR count). The molecule has 0 bridgehead atoms. The third-order valence-corrected chi connectivity index (χ3v) is 4.79. The van der Waals surface area contributed by atoms with Crippen LogP contribution in [0.1, 0.15) is 17.9 Å². The maximum Gasteiger partial charge on any atom is 0.229 e. The number of sulfonamides is 1. The molecule has 1 heterocycles. The fourth-order valence-corrected chi connectivity index (χ4v) is 3.29. The molecule has 2 aromatic carbocycles. The van der Waals surface area contributed by atoms with Gasteiger partial charge in [-0.25, -0.2) is 8.42 Å². The average molecular weight is 430 g/mol. The van der Waals surface area contributed by atoms with Crippen molar-refractivity contribution in [1.82, 2.24) is 10.1 Å². The zero-order valence-corrected chi connectivity index (χ0v) is 17.6. The van der Waals surface area contributed by atoms with Crippen LogP contribution in [0.3, 0.4) is 0 Å². The summed E-state index contributed by atoms with van der Waals surface area (Å²) in [6.07, 6.45) is 1.48. The van der Waals surface area contributed by atoms with Crippen molar-refractivity contribution in [3.05, 3.63) is 53.9 Å². The molecule has 10 heteroatoms. The number of aryl methyl sites for hydroxylation is 2. The fourth-order valence-electron chi connectivity index (χ4n) is 2.67. The summed E-state index contributed by atoms with van der Waals surface area (Å²) >= 11 is 0. The smallest absolute Gasteiger partial charge is 0.229 e. The fraction of sp³-hybridized carbons (Fsp3) is 0.250. The van der Waals surface area contributed by atoms with Crippen molar-refractivity contribution >= 4 is 27.3 Å². The number of aromatic nitrogens is 2. The highest BCUT2D eigenvalue weighted by molar-refractivity contribution is 7.92. The van der Waals surface area contributed by atoms with Crippen molar-refractivity contribution < 1.29 is 22.5 Å². The minimum absolute atomic E-state index is 0.132. The van der Waals surface area contributed by atoms with Crippen LogP contribution in [0.15, 0.2) is 47.0 Å². The van der Waals surface area contributed by atoms with Gasteiger partial charge in [0.15, 0.2) is 0 Å². The highest BCUT2D eigenvalue weighted by Crippen LogP contribution is 2.22. The van der Waals surface area contributed by atoms with E-state index < -0.39 is 10.0 Å². The van der Waals surface area contributed by atoms with E-state index >= 15 is 0 Å². The summed E-state index contributed by atoms with van der Waals surface area (Å²) in [7, 11) is -1.82. The van der Waals surface area contributed by atoms with Crippen LogP contribution in [0, 0.1) is 6.92 Å². The van der Waals surface area contributed by atoms with Crippen LogP contribution in [-0.4, -0.2) is 37.8 Å². The number of anilines is 2. The van der Waals surface area contributed by atoms with E-state index in [-0.39, 0.29) is 18.7 Å². The molecule has 0 saturated carbocycles. The van der Waals surface area contributed by atoms with Crippen LogP contribution in [-0.2, 0) is 21.2 Å². The predicted octanol–water partition coefficient (Wildman–Crippen LogP) is 3.00. The van der Waals surface area contributed by atoms with Gasteiger partial charge in [0.25, 0.3) is 0 Å². The summed E-state index contributed by atoms with van der Waals surface area (Å²) in [5, 5.41) is 6.67. The number of hydrogen-bond donors (Lipinski definition) is 2. The molecular weight excluding hydrogens is 408 g/mol. The molecule has 1 amide bonds. The van der Waals surface area contributed by atoms with Gasteiger partial charge in [-0.2, -0.15) is 4.98 Å². The Morgan fingerprint density at radius 1 is 1.17 bits per heavy atom. The molecule has 0 unspecified atom stereocenters. The maximum atomic E-state index is 12.3. The first-order chi connectivity index (χ1) is 14.2. The van der Waals surface area contributed by atoms with Gasteiger partial charge in [0.2, 0.25) is 27.6 Å². The van der Waals surface area contributed by atoms with Crippen LogP contribution >= 0.6 is 0 Å². The average Bonchev–Trinajstić information content (AvgIpc) is 3.17. The number of methoxy groups -OCH3 is 1. The van der Waals surface area contributed by atoms with Crippen molar-refractivity contribution in [3.8, 4) is 17.1 Å². The molecule has 1 aromatic heterocycles. The van der Waals surface area contributed by atoms with E-state index in [1.54, 1.807) is 44.4 Å². The van der Waals surface area contributed by atoms with Gasteiger partial charge in [-0.15, -0.1) is 0 Å². The van der Waals surface area contributed by atoms with E-state index in [0.717, 1.165) is 23.1 Å². The standard InChI is InChI=1S/C20H22N4O5S/c1-13-4-7-15(12-17(13)24-30(3,26)27)21-18(25)10-11-19-22-20(23-29-19)14-5-8-16(28-2)9-6-14/h4-9,12,24H,10-11H2,1-3H3,(H,21,25). The molecule has 3 aromatic rings. The number of nitrogens with one attached hydrogen (secondary N) is 2. The number of amides is 1. The van der Waals surface area contributed by atoms with Crippen LogP contribution in [0.2, 0.25) is 0 Å². The summed E-state index contributed by atoms with van der Waals surface area (Å²) in [6, 6.07) is 12.2. The van der Waals surface area contributed by atoms with Crippen molar-refractivity contribution in [2.75, 3.05) is 23.4 Å². The van der Waals surface area contributed by atoms with Gasteiger partial charge in [0.1, 0.15) is 5.75 Å². The number of hydrogen-bond acceptors (Lipinski definition) is 7. The minimum Gasteiger partial charge on any atom is -0.497 e. The van der Waals surface area contributed by atoms with E-state index in [9.17, 15) is 13.2 Å². The first-order valence-electron chi connectivity index (χ1n) is 9.09. The quantitative estimate of drug-likeness (QED) is 0.563. The molecule has 0 aliphatic heterocycles. The third-order valence-electron chi connectivity index (χ3n) is 4.20. The molecule has 0 atom stereocenters. The topological polar surface area (TPSA) is 123 Å². The van der Waals surface area contributed by atoms with Crippen molar-refractivity contribution in [3.63, 3.8) is 0 Å². The number of nitrogens with zero attached hydrogens (tertiary/aromatic N) is 2. The number of ether oxygens (including phenoxy) is 1. The van der Waals surface area contributed by atoms with Gasteiger partial charge in [0, 0.05) is 24.1 Å². The van der Waals surface area contributed by atoms with Crippen LogP contribution < -0.4 is 14.8 Å². The normalized spacial score (nSPS) is 11.2. The first kappa shape index (κ1) is 21.3. The highest BCUT2D eigenvalue weighted by atomic mass is 32.2. The molecule has 2 N–H and O–H groups in total. The molecule has 30 heavy (non-hydrogen) atoms. The maximum absolute atomic E-state index is 12.3. The monoisotopic (exact) mass is 430 g/mol. The predicted molar refractivity (Wildman–Crippen MR) is 113 cm³/mol. The molecule has 0 aliphatic carbocycles. The molecule has 158 valence electrons. The zero-order chi connectivity index (χ0) is 21.7. The molecular formula is C20H22N4O5S. The first-order valence-corrected chi connectivity index (χ1v) is 11.0. The lowest BCUT2D eigenvalue weighted by molar-refractivity contribution is -0.116. The summed E-state index contributed by atoms with van der Waals surface area (Å²) in [5.41, 5.74) is 2.42. The zero-order valence-electron chi connectivity index (χ0n) is 16.8. The van der Waals surface area contributed by atoms with Crippen molar-refractivity contribution in [1.29, 1.82) is 0 Å². The second-order valence-electron chi connectivity index (χ2n) is 6.69. The van der Waals surface area contributed by atoms with Gasteiger partial charge in [-0.3, -0.25) is 9.52 Å². The van der Waals surface area contributed by atoms with E-state index in [1.807, 2.05) is 12.1 Å². The molecule has 0 aliphatic rings. The van der Waals surface area contributed by atoms with Gasteiger partial charge in [-0.05, 0) is 48.9 Å². The van der Waals surface area contributed by atoms with Gasteiger partial charge in [-0.1, -0.05) is 11.2 Å². The summed E-state index contributed by atoms with van der Waals surface area (Å²) < 4.78 is 35.7.